The molecule has 0 fully saturated rings. The summed E-state index contributed by atoms with van der Waals surface area (Å²) >= 11 is 6.05. The maximum absolute atomic E-state index is 12.3. The van der Waals surface area contributed by atoms with Gasteiger partial charge in [0.2, 0.25) is 0 Å². The van der Waals surface area contributed by atoms with E-state index < -0.39 is 12.7 Å². The van der Waals surface area contributed by atoms with Crippen LogP contribution < -0.4 is 0 Å². The van der Waals surface area contributed by atoms with Crippen LogP contribution in [-0.2, 0) is 6.42 Å². The minimum absolute atomic E-state index is 0.202. The maximum Gasteiger partial charge on any atom is 0.407 e. The first-order valence-corrected chi connectivity index (χ1v) is 8.49. The van der Waals surface area contributed by atoms with Crippen molar-refractivity contribution in [3.63, 3.8) is 0 Å². The number of nitrogens with zero attached hydrogens (tertiary/aromatic N) is 3. The largest absolute Gasteiger partial charge is 0.407 e. The van der Waals surface area contributed by atoms with Gasteiger partial charge in [0.15, 0.2) is 0 Å². The van der Waals surface area contributed by atoms with E-state index in [2.05, 4.69) is 34.7 Å². The van der Waals surface area contributed by atoms with Crippen LogP contribution in [-0.4, -0.2) is 29.6 Å². The van der Waals surface area contributed by atoms with Crippen LogP contribution >= 0.6 is 11.6 Å². The van der Waals surface area contributed by atoms with Gasteiger partial charge in [0, 0.05) is 36.3 Å². The molecule has 0 aliphatic rings. The number of alkyl halides is 3. The van der Waals surface area contributed by atoms with Gasteiger partial charge in [-0.3, -0.25) is 15.0 Å². The van der Waals surface area contributed by atoms with Gasteiger partial charge in [0.25, 0.3) is 0 Å². The summed E-state index contributed by atoms with van der Waals surface area (Å²) in [6.45, 7) is 11.9. The van der Waals surface area contributed by atoms with Crippen molar-refractivity contribution in [2.75, 3.05) is 6.54 Å². The number of aryl methyl sites for hydroxylation is 1. The second-order valence-corrected chi connectivity index (χ2v) is 5.91. The van der Waals surface area contributed by atoms with Crippen LogP contribution in [0, 0.1) is 0 Å². The van der Waals surface area contributed by atoms with Crippen molar-refractivity contribution in [2.45, 2.75) is 25.9 Å². The van der Waals surface area contributed by atoms with Gasteiger partial charge in [-0.25, -0.2) is 0 Å². The molecule has 0 amide bonds. The molecule has 1 rings (SSSR count). The molecule has 7 heteroatoms. The molecule has 3 nitrogen and oxygen atoms in total. The third kappa shape index (κ3) is 7.74. The lowest BCUT2D eigenvalue weighted by Gasteiger charge is -2.13. The molecule has 0 N–H and O–H groups in total. The van der Waals surface area contributed by atoms with Crippen LogP contribution in [0.3, 0.4) is 0 Å². The number of aromatic nitrogens is 1. The van der Waals surface area contributed by atoms with Crippen molar-refractivity contribution in [1.82, 2.24) is 4.98 Å². The van der Waals surface area contributed by atoms with Crippen LogP contribution in [0.1, 0.15) is 24.6 Å². The van der Waals surface area contributed by atoms with E-state index in [4.69, 9.17) is 11.6 Å². The molecule has 1 heterocycles. The van der Waals surface area contributed by atoms with Gasteiger partial charge < -0.3 is 0 Å². The van der Waals surface area contributed by atoms with E-state index in [1.54, 1.807) is 18.3 Å². The van der Waals surface area contributed by atoms with Crippen LogP contribution in [0.2, 0.25) is 5.02 Å². The van der Waals surface area contributed by atoms with Crippen LogP contribution in [0.4, 0.5) is 13.2 Å². The summed E-state index contributed by atoms with van der Waals surface area (Å²) in [7, 11) is 0. The zero-order valence-electron chi connectivity index (χ0n) is 15.1. The Bertz CT molecular complexity index is 790. The van der Waals surface area contributed by atoms with Gasteiger partial charge in [-0.05, 0) is 23.6 Å². The Hall–Kier alpha value is -2.47. The van der Waals surface area contributed by atoms with E-state index in [1.807, 2.05) is 6.92 Å². The van der Waals surface area contributed by atoms with E-state index in [0.717, 1.165) is 17.5 Å². The van der Waals surface area contributed by atoms with Crippen molar-refractivity contribution in [3.05, 3.63) is 72.2 Å². The standard InChI is InChI=1S/C20H21ClF3N3/c1-5-8-15(11-25-13-20(22,23)24)9-19(26-7-3)14(4)17-10-16(21)12-27-18(17)6-2/h5,7-8,10-12H,1,3-4,6,9,13H2,2H3/b15-8-,25-11?,26-19?. The smallest absolute Gasteiger partial charge is 0.283 e. The Labute approximate surface area is 162 Å². The first kappa shape index (κ1) is 22.6. The average molecular weight is 396 g/mol. The lowest BCUT2D eigenvalue weighted by molar-refractivity contribution is -0.118. The summed E-state index contributed by atoms with van der Waals surface area (Å²) in [4.78, 5) is 12.0. The number of rotatable bonds is 9. The highest BCUT2D eigenvalue weighted by Crippen LogP contribution is 2.24. The number of aliphatic imine (C=N–C) groups is 2. The lowest BCUT2D eigenvalue weighted by atomic mass is 9.95. The molecule has 0 aliphatic heterocycles. The molecule has 0 bridgehead atoms. The van der Waals surface area contributed by atoms with Crippen molar-refractivity contribution >= 4 is 29.1 Å². The Morgan fingerprint density at radius 2 is 2.04 bits per heavy atom. The Kier molecular flexibility index (Phi) is 8.88. The molecule has 0 saturated heterocycles. The quantitative estimate of drug-likeness (QED) is 0.371. The van der Waals surface area contributed by atoms with Gasteiger partial charge in [0.05, 0.1) is 10.7 Å². The topological polar surface area (TPSA) is 37.6 Å². The molecule has 0 aliphatic carbocycles. The van der Waals surface area contributed by atoms with Crippen LogP contribution in [0.5, 0.6) is 0 Å². The molecule has 0 spiro atoms. The predicted octanol–water partition coefficient (Wildman–Crippen LogP) is 6.03. The number of allylic oxidation sites excluding steroid dienone is 4. The lowest BCUT2D eigenvalue weighted by Crippen LogP contribution is -2.12. The summed E-state index contributed by atoms with van der Waals surface area (Å²) in [5.74, 6) is 0. The highest BCUT2D eigenvalue weighted by Gasteiger charge is 2.26. The minimum Gasteiger partial charge on any atom is -0.283 e. The van der Waals surface area contributed by atoms with Gasteiger partial charge in [-0.15, -0.1) is 0 Å². The first-order chi connectivity index (χ1) is 12.7. The molecule has 0 radical (unpaired) electrons. The van der Waals surface area contributed by atoms with E-state index >= 15 is 0 Å². The zero-order valence-corrected chi connectivity index (χ0v) is 15.8. The summed E-state index contributed by atoms with van der Waals surface area (Å²) in [6, 6.07) is 1.74. The zero-order chi connectivity index (χ0) is 20.4. The van der Waals surface area contributed by atoms with Crippen molar-refractivity contribution in [2.24, 2.45) is 9.98 Å². The van der Waals surface area contributed by atoms with E-state index in [0.29, 0.717) is 28.3 Å². The molecule has 0 aromatic carbocycles. The Balaban J connectivity index is 3.17. The summed E-state index contributed by atoms with van der Waals surface area (Å²) < 4.78 is 37.0. The number of halogens is 4. The van der Waals surface area contributed by atoms with E-state index in [1.165, 1.54) is 12.3 Å². The number of hydrogen-bond donors (Lipinski definition) is 0. The third-order valence-electron chi connectivity index (χ3n) is 3.42. The molecule has 0 unspecified atom stereocenters. The Morgan fingerprint density at radius 3 is 2.59 bits per heavy atom. The van der Waals surface area contributed by atoms with Gasteiger partial charge in [0.1, 0.15) is 6.54 Å². The summed E-state index contributed by atoms with van der Waals surface area (Å²) in [5.41, 5.74) is 3.12. The van der Waals surface area contributed by atoms with Crippen molar-refractivity contribution in [1.29, 1.82) is 0 Å². The first-order valence-electron chi connectivity index (χ1n) is 8.11. The number of hydrogen-bond acceptors (Lipinski definition) is 3. The fourth-order valence-corrected chi connectivity index (χ4v) is 2.42. The van der Waals surface area contributed by atoms with Gasteiger partial charge in [-0.1, -0.05) is 50.4 Å². The van der Waals surface area contributed by atoms with Gasteiger partial charge in [-0.2, -0.15) is 13.2 Å². The highest BCUT2D eigenvalue weighted by atomic mass is 35.5. The third-order valence-corrected chi connectivity index (χ3v) is 3.63. The minimum atomic E-state index is -4.36. The number of pyridine rings is 1. The normalized spacial score (nSPS) is 13.1. The van der Waals surface area contributed by atoms with Crippen LogP contribution in [0.25, 0.3) is 5.57 Å². The molecular formula is C20H21ClF3N3. The molecular weight excluding hydrogens is 375 g/mol. The molecule has 27 heavy (non-hydrogen) atoms. The maximum atomic E-state index is 12.3. The van der Waals surface area contributed by atoms with Crippen molar-refractivity contribution < 1.29 is 13.2 Å². The SMILES string of the molecule is C=C/C=C(\C=NCC(F)(F)F)CC(=NC=C)C(=C)c1cc(Cl)cnc1CC. The monoisotopic (exact) mass is 395 g/mol. The van der Waals surface area contributed by atoms with Crippen molar-refractivity contribution in [3.8, 4) is 0 Å². The highest BCUT2D eigenvalue weighted by molar-refractivity contribution is 6.31. The van der Waals surface area contributed by atoms with E-state index in [-0.39, 0.29) is 6.42 Å². The molecule has 0 saturated carbocycles. The molecule has 0 atom stereocenters. The van der Waals surface area contributed by atoms with Gasteiger partial charge >= 0.3 is 6.18 Å². The van der Waals surface area contributed by atoms with Crippen LogP contribution in [0.15, 0.2) is 65.9 Å². The predicted molar refractivity (Wildman–Crippen MR) is 108 cm³/mol. The second kappa shape index (κ2) is 10.6. The Morgan fingerprint density at radius 1 is 1.33 bits per heavy atom. The fourth-order valence-electron chi connectivity index (χ4n) is 2.27. The fraction of sp³-hybridized carbons (Fsp3) is 0.250. The summed E-state index contributed by atoms with van der Waals surface area (Å²) in [6.07, 6.45) is 3.61. The molecule has 144 valence electrons. The molecule has 1 aromatic heterocycles. The second-order valence-electron chi connectivity index (χ2n) is 5.48. The van der Waals surface area contributed by atoms with E-state index in [9.17, 15) is 13.2 Å². The molecule has 1 aromatic rings. The average Bonchev–Trinajstić information content (AvgIpc) is 2.59. The summed E-state index contributed by atoms with van der Waals surface area (Å²) in [5, 5.41) is 0.454.